The number of aliphatic hydroxyl groups excluding tert-OH is 1. The lowest BCUT2D eigenvalue weighted by molar-refractivity contribution is 0.110. The third-order valence-corrected chi connectivity index (χ3v) is 4.33. The van der Waals surface area contributed by atoms with Crippen LogP contribution in [0.3, 0.4) is 0 Å². The molecule has 3 rings (SSSR count). The Morgan fingerprint density at radius 2 is 1.80 bits per heavy atom. The van der Waals surface area contributed by atoms with Crippen LogP contribution in [-0.4, -0.2) is 11.2 Å². The zero-order valence-electron chi connectivity index (χ0n) is 11.3. The van der Waals surface area contributed by atoms with Crippen molar-refractivity contribution in [3.05, 3.63) is 71.3 Å². The highest BCUT2D eigenvalue weighted by atomic mass is 16.3. The Morgan fingerprint density at radius 1 is 1.10 bits per heavy atom. The molecule has 0 saturated carbocycles. The van der Waals surface area contributed by atoms with E-state index in [1.165, 1.54) is 5.56 Å². The first kappa shape index (κ1) is 12.9. The summed E-state index contributed by atoms with van der Waals surface area (Å²) in [7, 11) is 0. The largest absolute Gasteiger partial charge is 0.391 e. The number of nitrogens with zero attached hydrogens (tertiary/aromatic N) is 1. The van der Waals surface area contributed by atoms with Crippen molar-refractivity contribution in [1.29, 1.82) is 5.26 Å². The SMILES string of the molecule is N#C[C@@]1([C@H](O)Cc2ccccc2)CCc2ccccc21. The van der Waals surface area contributed by atoms with Crippen LogP contribution in [0, 0.1) is 11.3 Å². The smallest absolute Gasteiger partial charge is 0.109 e. The van der Waals surface area contributed by atoms with Crippen LogP contribution in [0.25, 0.3) is 0 Å². The van der Waals surface area contributed by atoms with Gasteiger partial charge in [-0.2, -0.15) is 5.26 Å². The molecule has 0 aromatic heterocycles. The van der Waals surface area contributed by atoms with Crippen molar-refractivity contribution >= 4 is 0 Å². The Labute approximate surface area is 119 Å². The van der Waals surface area contributed by atoms with Crippen molar-refractivity contribution in [1.82, 2.24) is 0 Å². The van der Waals surface area contributed by atoms with Crippen LogP contribution in [0.15, 0.2) is 54.6 Å². The molecule has 100 valence electrons. The van der Waals surface area contributed by atoms with Gasteiger partial charge in [-0.25, -0.2) is 0 Å². The molecule has 1 N–H and O–H groups in total. The second-order valence-electron chi connectivity index (χ2n) is 5.45. The molecule has 1 aliphatic rings. The van der Waals surface area contributed by atoms with E-state index in [-0.39, 0.29) is 0 Å². The second-order valence-corrected chi connectivity index (χ2v) is 5.45. The Hall–Kier alpha value is -2.11. The summed E-state index contributed by atoms with van der Waals surface area (Å²) in [6.07, 6.45) is 1.42. The summed E-state index contributed by atoms with van der Waals surface area (Å²) >= 11 is 0. The molecular weight excluding hydrogens is 246 g/mol. The molecule has 0 amide bonds. The van der Waals surface area contributed by atoms with Crippen LogP contribution in [0.1, 0.15) is 23.1 Å². The number of nitriles is 1. The molecule has 0 radical (unpaired) electrons. The lowest BCUT2D eigenvalue weighted by Gasteiger charge is -2.28. The van der Waals surface area contributed by atoms with Crippen molar-refractivity contribution < 1.29 is 5.11 Å². The Morgan fingerprint density at radius 3 is 2.55 bits per heavy atom. The molecule has 0 fully saturated rings. The first-order chi connectivity index (χ1) is 9.76. The Balaban J connectivity index is 1.93. The quantitative estimate of drug-likeness (QED) is 0.925. The molecule has 2 aromatic carbocycles. The maximum absolute atomic E-state index is 10.7. The molecule has 2 aromatic rings. The van der Waals surface area contributed by atoms with Gasteiger partial charge in [0, 0.05) is 6.42 Å². The summed E-state index contributed by atoms with van der Waals surface area (Å²) < 4.78 is 0. The van der Waals surface area contributed by atoms with Crippen LogP contribution in [0.2, 0.25) is 0 Å². The summed E-state index contributed by atoms with van der Waals surface area (Å²) in [5.74, 6) is 0. The molecule has 2 nitrogen and oxygen atoms in total. The summed E-state index contributed by atoms with van der Waals surface area (Å²) in [6, 6.07) is 20.3. The minimum Gasteiger partial charge on any atom is -0.391 e. The summed E-state index contributed by atoms with van der Waals surface area (Å²) in [5.41, 5.74) is 2.51. The monoisotopic (exact) mass is 263 g/mol. The standard InChI is InChI=1S/C18H17NO/c19-13-18(11-10-15-8-4-5-9-16(15)18)17(20)12-14-6-2-1-3-7-14/h1-9,17,20H,10-12H2/t17-,18+/m1/s1. The number of aryl methyl sites for hydroxylation is 1. The average molecular weight is 263 g/mol. The number of hydrogen-bond donors (Lipinski definition) is 1. The first-order valence-electron chi connectivity index (χ1n) is 6.98. The van der Waals surface area contributed by atoms with Gasteiger partial charge < -0.3 is 5.11 Å². The predicted molar refractivity (Wildman–Crippen MR) is 78.2 cm³/mol. The molecule has 0 bridgehead atoms. The lowest BCUT2D eigenvalue weighted by Crippen LogP contribution is -2.37. The Kier molecular flexibility index (Phi) is 3.30. The zero-order valence-corrected chi connectivity index (χ0v) is 11.3. The molecule has 0 aliphatic heterocycles. The molecule has 2 atom stereocenters. The Bertz CT molecular complexity index is 644. The highest BCUT2D eigenvalue weighted by Gasteiger charge is 2.44. The lowest BCUT2D eigenvalue weighted by atomic mass is 9.76. The minimum absolute atomic E-state index is 0.517. The van der Waals surface area contributed by atoms with E-state index < -0.39 is 11.5 Å². The minimum atomic E-state index is -0.758. The van der Waals surface area contributed by atoms with Crippen LogP contribution in [0.4, 0.5) is 0 Å². The summed E-state index contributed by atoms with van der Waals surface area (Å²) in [4.78, 5) is 0. The van der Waals surface area contributed by atoms with Gasteiger partial charge in [0.2, 0.25) is 0 Å². The van der Waals surface area contributed by atoms with Crippen molar-refractivity contribution in [2.24, 2.45) is 0 Å². The van der Waals surface area contributed by atoms with Crippen LogP contribution in [-0.2, 0) is 18.3 Å². The molecule has 20 heavy (non-hydrogen) atoms. The maximum Gasteiger partial charge on any atom is 0.109 e. The average Bonchev–Trinajstić information content (AvgIpc) is 2.88. The fourth-order valence-corrected chi connectivity index (χ4v) is 3.19. The number of benzene rings is 2. The first-order valence-corrected chi connectivity index (χ1v) is 6.98. The molecule has 0 unspecified atom stereocenters. The van der Waals surface area contributed by atoms with Crippen LogP contribution >= 0.6 is 0 Å². The fourth-order valence-electron chi connectivity index (χ4n) is 3.19. The van der Waals surface area contributed by atoms with Crippen molar-refractivity contribution in [2.45, 2.75) is 30.8 Å². The molecular formula is C18H17NO. The number of aliphatic hydroxyl groups is 1. The van der Waals surface area contributed by atoms with E-state index in [0.29, 0.717) is 12.8 Å². The van der Waals surface area contributed by atoms with Gasteiger partial charge in [0.1, 0.15) is 5.41 Å². The number of hydrogen-bond acceptors (Lipinski definition) is 2. The highest BCUT2D eigenvalue weighted by Crippen LogP contribution is 2.41. The summed E-state index contributed by atoms with van der Waals surface area (Å²) in [5, 5.41) is 20.4. The van der Waals surface area contributed by atoms with Gasteiger partial charge in [0.25, 0.3) is 0 Å². The van der Waals surface area contributed by atoms with E-state index in [4.69, 9.17) is 0 Å². The molecule has 2 heteroatoms. The van der Waals surface area contributed by atoms with Gasteiger partial charge in [-0.1, -0.05) is 54.6 Å². The zero-order chi connectivity index (χ0) is 14.0. The topological polar surface area (TPSA) is 44.0 Å². The fraction of sp³-hybridized carbons (Fsp3) is 0.278. The van der Waals surface area contributed by atoms with Gasteiger partial charge in [-0.3, -0.25) is 0 Å². The van der Waals surface area contributed by atoms with E-state index in [1.54, 1.807) is 0 Å². The van der Waals surface area contributed by atoms with E-state index in [2.05, 4.69) is 12.1 Å². The molecule has 0 spiro atoms. The molecule has 1 aliphatic carbocycles. The van der Waals surface area contributed by atoms with Gasteiger partial charge >= 0.3 is 0 Å². The van der Waals surface area contributed by atoms with Gasteiger partial charge in [-0.15, -0.1) is 0 Å². The normalized spacial score (nSPS) is 22.0. The second kappa shape index (κ2) is 5.11. The van der Waals surface area contributed by atoms with Crippen molar-refractivity contribution in [3.8, 4) is 6.07 Å². The third kappa shape index (κ3) is 2.01. The van der Waals surface area contributed by atoms with Gasteiger partial charge in [0.15, 0.2) is 0 Å². The molecule has 0 heterocycles. The predicted octanol–water partition coefficient (Wildman–Crippen LogP) is 3.00. The van der Waals surface area contributed by atoms with Gasteiger partial charge in [-0.05, 0) is 29.5 Å². The van der Waals surface area contributed by atoms with Crippen molar-refractivity contribution in [3.63, 3.8) is 0 Å². The van der Waals surface area contributed by atoms with E-state index in [0.717, 1.165) is 17.5 Å². The van der Waals surface area contributed by atoms with Crippen molar-refractivity contribution in [2.75, 3.05) is 0 Å². The number of fused-ring (bicyclic) bond motifs is 1. The third-order valence-electron chi connectivity index (χ3n) is 4.33. The van der Waals surface area contributed by atoms with Crippen LogP contribution in [0.5, 0.6) is 0 Å². The molecule has 0 saturated heterocycles. The van der Waals surface area contributed by atoms with E-state index in [1.807, 2.05) is 48.5 Å². The van der Waals surface area contributed by atoms with E-state index in [9.17, 15) is 10.4 Å². The highest BCUT2D eigenvalue weighted by molar-refractivity contribution is 5.45. The van der Waals surface area contributed by atoms with Gasteiger partial charge in [0.05, 0.1) is 12.2 Å². The maximum atomic E-state index is 10.7. The van der Waals surface area contributed by atoms with Crippen LogP contribution < -0.4 is 0 Å². The van der Waals surface area contributed by atoms with E-state index >= 15 is 0 Å². The number of rotatable bonds is 3. The summed E-state index contributed by atoms with van der Waals surface area (Å²) in [6.45, 7) is 0.